The highest BCUT2D eigenvalue weighted by Gasteiger charge is 2.47. The second kappa shape index (κ2) is 5.54. The molecule has 1 rings (SSSR count). The number of hydrogen-bond acceptors (Lipinski definition) is 7. The minimum Gasteiger partial charge on any atom is -0.463 e. The van der Waals surface area contributed by atoms with Crippen LogP contribution in [0.5, 0.6) is 0 Å². The van der Waals surface area contributed by atoms with Crippen LogP contribution in [-0.2, 0) is 34.5 Å². The molecular formula is C9H16O7S2. The van der Waals surface area contributed by atoms with Crippen molar-refractivity contribution in [1.29, 1.82) is 0 Å². The third-order valence-electron chi connectivity index (χ3n) is 2.49. The van der Waals surface area contributed by atoms with Gasteiger partial charge in [-0.1, -0.05) is 13.8 Å². The van der Waals surface area contributed by atoms with E-state index < -0.39 is 44.1 Å². The van der Waals surface area contributed by atoms with Crippen molar-refractivity contribution >= 4 is 26.8 Å². The van der Waals surface area contributed by atoms with Crippen LogP contribution in [0.4, 0.5) is 0 Å². The molecule has 1 aliphatic heterocycles. The summed E-state index contributed by atoms with van der Waals surface area (Å²) < 4.78 is 53.3. The molecule has 1 heterocycles. The van der Waals surface area contributed by atoms with Crippen LogP contribution in [0, 0.1) is 5.41 Å². The van der Waals surface area contributed by atoms with E-state index in [1.54, 1.807) is 13.8 Å². The van der Waals surface area contributed by atoms with E-state index in [9.17, 15) is 21.6 Å². The Kier molecular flexibility index (Phi) is 4.73. The molecule has 0 aromatic heterocycles. The van der Waals surface area contributed by atoms with Crippen LogP contribution in [-0.4, -0.2) is 47.0 Å². The van der Waals surface area contributed by atoms with Gasteiger partial charge in [-0.05, 0) is 6.42 Å². The van der Waals surface area contributed by atoms with Crippen LogP contribution >= 0.6 is 0 Å². The molecule has 18 heavy (non-hydrogen) atoms. The van der Waals surface area contributed by atoms with Crippen LogP contribution in [0.25, 0.3) is 0 Å². The third-order valence-corrected chi connectivity index (χ3v) is 4.44. The fraction of sp³-hybridized carbons (Fsp3) is 0.889. The van der Waals surface area contributed by atoms with Crippen molar-refractivity contribution in [3.8, 4) is 0 Å². The van der Waals surface area contributed by atoms with Gasteiger partial charge in [0.15, 0.2) is 6.10 Å². The van der Waals surface area contributed by atoms with E-state index in [0.717, 1.165) is 0 Å². The van der Waals surface area contributed by atoms with Crippen LogP contribution < -0.4 is 0 Å². The van der Waals surface area contributed by atoms with Gasteiger partial charge in [0, 0.05) is 11.2 Å². The number of ether oxygens (including phenoxy) is 1. The molecular weight excluding hydrogens is 284 g/mol. The van der Waals surface area contributed by atoms with Crippen molar-refractivity contribution in [2.45, 2.75) is 26.4 Å². The van der Waals surface area contributed by atoms with Gasteiger partial charge in [-0.15, -0.1) is 0 Å². The molecule has 1 saturated heterocycles. The summed E-state index contributed by atoms with van der Waals surface area (Å²) in [6.45, 7) is 3.41. The fourth-order valence-electron chi connectivity index (χ4n) is 1.46. The van der Waals surface area contributed by atoms with Crippen LogP contribution in [0.3, 0.4) is 0 Å². The molecule has 1 aliphatic rings. The van der Waals surface area contributed by atoms with E-state index in [4.69, 9.17) is 8.92 Å². The summed E-state index contributed by atoms with van der Waals surface area (Å²) in [5.41, 5.74) is -0.714. The molecule has 0 amide bonds. The number of hydrogen-bond donors (Lipinski definition) is 1. The van der Waals surface area contributed by atoms with E-state index in [0.29, 0.717) is 0 Å². The summed E-state index contributed by atoms with van der Waals surface area (Å²) in [5.74, 6) is -1.37. The lowest BCUT2D eigenvalue weighted by molar-refractivity contribution is -0.143. The number of cyclic esters (lactones) is 1. The Balaban J connectivity index is 2.62. The molecule has 0 aliphatic carbocycles. The predicted molar refractivity (Wildman–Crippen MR) is 63.2 cm³/mol. The Bertz CT molecular complexity index is 481. The lowest BCUT2D eigenvalue weighted by Crippen LogP contribution is -2.35. The topological polar surface area (TPSA) is 104 Å². The van der Waals surface area contributed by atoms with Gasteiger partial charge in [0.1, 0.15) is 10.7 Å². The van der Waals surface area contributed by atoms with E-state index >= 15 is 0 Å². The van der Waals surface area contributed by atoms with Crippen molar-refractivity contribution in [2.75, 3.05) is 18.1 Å². The third kappa shape index (κ3) is 4.21. The van der Waals surface area contributed by atoms with E-state index in [1.807, 2.05) is 0 Å². The average molecular weight is 300 g/mol. The first-order valence-electron chi connectivity index (χ1n) is 5.33. The van der Waals surface area contributed by atoms with Gasteiger partial charge in [-0.2, -0.15) is 8.42 Å². The van der Waals surface area contributed by atoms with E-state index in [2.05, 4.69) is 0 Å². The molecule has 7 nitrogen and oxygen atoms in total. The summed E-state index contributed by atoms with van der Waals surface area (Å²) >= 11 is 0. The van der Waals surface area contributed by atoms with Crippen LogP contribution in [0.1, 0.15) is 20.3 Å². The van der Waals surface area contributed by atoms with Crippen molar-refractivity contribution in [1.82, 2.24) is 0 Å². The second-order valence-corrected chi connectivity index (χ2v) is 7.57. The molecule has 9 heteroatoms. The Morgan fingerprint density at radius 3 is 2.50 bits per heavy atom. The molecule has 0 radical (unpaired) electrons. The molecule has 106 valence electrons. The maximum Gasteiger partial charge on any atom is 0.337 e. The van der Waals surface area contributed by atoms with Crippen LogP contribution in [0.15, 0.2) is 0 Å². The maximum absolute atomic E-state index is 11.6. The average Bonchev–Trinajstić information content (AvgIpc) is 2.44. The summed E-state index contributed by atoms with van der Waals surface area (Å²) in [6, 6.07) is 0. The van der Waals surface area contributed by atoms with Gasteiger partial charge >= 0.3 is 5.97 Å². The second-order valence-electron chi connectivity index (χ2n) is 4.74. The molecule has 0 aromatic carbocycles. The monoisotopic (exact) mass is 300 g/mol. The molecule has 0 spiro atoms. The first-order valence-corrected chi connectivity index (χ1v) is 8.27. The van der Waals surface area contributed by atoms with Gasteiger partial charge in [-0.3, -0.25) is 4.18 Å². The Labute approximate surface area is 108 Å². The van der Waals surface area contributed by atoms with Crippen molar-refractivity contribution < 1.29 is 30.6 Å². The lowest BCUT2D eigenvalue weighted by atomic mass is 9.90. The highest BCUT2D eigenvalue weighted by Crippen LogP contribution is 2.32. The number of thiol groups is 1. The summed E-state index contributed by atoms with van der Waals surface area (Å²) in [5, 5.41) is 0. The summed E-state index contributed by atoms with van der Waals surface area (Å²) in [7, 11) is -6.54. The zero-order valence-corrected chi connectivity index (χ0v) is 11.8. The SMILES string of the molecule is CC1(C)COC(=O)[C@@H]1OS(=O)(=O)CCC[SH](=O)=O. The molecule has 1 atom stereocenters. The molecule has 1 fully saturated rings. The van der Waals surface area contributed by atoms with E-state index in [-0.39, 0.29) is 18.8 Å². The maximum atomic E-state index is 11.6. The first kappa shape index (κ1) is 15.4. The quantitative estimate of drug-likeness (QED) is 0.392. The largest absolute Gasteiger partial charge is 0.463 e. The number of carbonyl (C=O) groups excluding carboxylic acids is 1. The Morgan fingerprint density at radius 1 is 1.44 bits per heavy atom. The highest BCUT2D eigenvalue weighted by atomic mass is 32.2. The number of rotatable bonds is 6. The predicted octanol–water partition coefficient (Wildman–Crippen LogP) is -0.714. The summed E-state index contributed by atoms with van der Waals surface area (Å²) in [4.78, 5) is 11.3. The normalized spacial score (nSPS) is 23.3. The molecule has 0 N–H and O–H groups in total. The zero-order valence-electron chi connectivity index (χ0n) is 10.1. The first-order chi connectivity index (χ1) is 8.14. The Morgan fingerprint density at radius 2 is 2.06 bits per heavy atom. The standard InChI is InChI=1S/C9H16O7S2/c1-9(2)6-15-8(10)7(9)16-18(13,14)5-3-4-17(11)12/h7,17H,3-6H2,1-2H3/t7-/m0/s1. The van der Waals surface area contributed by atoms with Gasteiger partial charge in [0.2, 0.25) is 0 Å². The lowest BCUT2D eigenvalue weighted by Gasteiger charge is -2.21. The van der Waals surface area contributed by atoms with Gasteiger partial charge < -0.3 is 4.74 Å². The van der Waals surface area contributed by atoms with Gasteiger partial charge in [-0.25, -0.2) is 13.2 Å². The summed E-state index contributed by atoms with van der Waals surface area (Å²) in [6.07, 6.45) is -1.22. The molecule has 0 saturated carbocycles. The molecule has 0 bridgehead atoms. The minimum absolute atomic E-state index is 0.0523. The van der Waals surface area contributed by atoms with Crippen molar-refractivity contribution in [3.63, 3.8) is 0 Å². The zero-order chi connectivity index (χ0) is 14.0. The Hall–Kier alpha value is -0.670. The molecule has 0 aromatic rings. The smallest absolute Gasteiger partial charge is 0.337 e. The highest BCUT2D eigenvalue weighted by molar-refractivity contribution is 7.86. The number of carbonyl (C=O) groups is 1. The van der Waals surface area contributed by atoms with Gasteiger partial charge in [0.25, 0.3) is 10.1 Å². The van der Waals surface area contributed by atoms with Gasteiger partial charge in [0.05, 0.1) is 12.4 Å². The van der Waals surface area contributed by atoms with E-state index in [1.165, 1.54) is 0 Å². The minimum atomic E-state index is -3.93. The fourth-order valence-corrected chi connectivity index (χ4v) is 3.32. The molecule has 0 unspecified atom stereocenters. The van der Waals surface area contributed by atoms with Crippen LogP contribution in [0.2, 0.25) is 0 Å². The van der Waals surface area contributed by atoms with Crippen molar-refractivity contribution in [2.24, 2.45) is 5.41 Å². The van der Waals surface area contributed by atoms with Crippen molar-refractivity contribution in [3.05, 3.63) is 0 Å². The number of esters is 1.